The van der Waals surface area contributed by atoms with Gasteiger partial charge < -0.3 is 10.1 Å². The van der Waals surface area contributed by atoms with Crippen molar-refractivity contribution in [1.29, 1.82) is 0 Å². The van der Waals surface area contributed by atoms with Crippen LogP contribution in [0, 0.1) is 5.82 Å². The number of hydrogen-bond acceptors (Lipinski definition) is 2. The molecule has 0 aliphatic heterocycles. The molecule has 0 atom stereocenters. The van der Waals surface area contributed by atoms with E-state index in [1.807, 2.05) is 48.5 Å². The van der Waals surface area contributed by atoms with Crippen LogP contribution in [-0.2, 0) is 13.2 Å². The minimum Gasteiger partial charge on any atom is -0.489 e. The highest BCUT2D eigenvalue weighted by molar-refractivity contribution is 6.31. The molecule has 1 N–H and O–H groups in total. The van der Waals surface area contributed by atoms with Crippen molar-refractivity contribution < 1.29 is 9.13 Å². The normalized spacial score (nSPS) is 10.5. The van der Waals surface area contributed by atoms with Gasteiger partial charge in [-0.2, -0.15) is 0 Å². The number of halogens is 3. The number of benzene rings is 3. The molecule has 0 radical (unpaired) electrons. The van der Waals surface area contributed by atoms with E-state index in [9.17, 15) is 4.39 Å². The fourth-order valence-electron chi connectivity index (χ4n) is 2.33. The lowest BCUT2D eigenvalue weighted by Crippen LogP contribution is -2.01. The Kier molecular flexibility index (Phi) is 5.79. The topological polar surface area (TPSA) is 21.3 Å². The van der Waals surface area contributed by atoms with Gasteiger partial charge in [0.15, 0.2) is 0 Å². The van der Waals surface area contributed by atoms with Gasteiger partial charge in [-0.15, -0.1) is 0 Å². The predicted octanol–water partition coefficient (Wildman–Crippen LogP) is 6.32. The van der Waals surface area contributed by atoms with Gasteiger partial charge in [0.2, 0.25) is 0 Å². The summed E-state index contributed by atoms with van der Waals surface area (Å²) in [7, 11) is 0. The molecule has 5 heteroatoms. The van der Waals surface area contributed by atoms with Gasteiger partial charge in [0.05, 0.1) is 5.02 Å². The summed E-state index contributed by atoms with van der Waals surface area (Å²) in [5.41, 5.74) is 2.74. The maximum absolute atomic E-state index is 13.2. The second-order valence-corrected chi connectivity index (χ2v) is 6.32. The van der Waals surface area contributed by atoms with Gasteiger partial charge in [0.25, 0.3) is 0 Å². The van der Waals surface area contributed by atoms with Crippen LogP contribution >= 0.6 is 23.2 Å². The third-order valence-electron chi connectivity index (χ3n) is 3.67. The van der Waals surface area contributed by atoms with Crippen molar-refractivity contribution >= 4 is 28.9 Å². The van der Waals surface area contributed by atoms with Crippen LogP contribution in [-0.4, -0.2) is 0 Å². The average molecular weight is 376 g/mol. The first-order valence-electron chi connectivity index (χ1n) is 7.76. The summed E-state index contributed by atoms with van der Waals surface area (Å²) >= 11 is 11.9. The first kappa shape index (κ1) is 17.6. The molecule has 0 aromatic heterocycles. The minimum absolute atomic E-state index is 0.0989. The fraction of sp³-hybridized carbons (Fsp3) is 0.100. The Hall–Kier alpha value is -2.23. The van der Waals surface area contributed by atoms with Gasteiger partial charge in [-0.3, -0.25) is 0 Å². The first-order chi connectivity index (χ1) is 12.1. The van der Waals surface area contributed by atoms with E-state index < -0.39 is 5.82 Å². The molecule has 0 heterocycles. The lowest BCUT2D eigenvalue weighted by Gasteiger charge is -2.11. The Balaban J connectivity index is 1.61. The molecular weight excluding hydrogens is 360 g/mol. The Morgan fingerprint density at radius 2 is 1.72 bits per heavy atom. The third kappa shape index (κ3) is 4.88. The standard InChI is InChI=1S/C20H16Cl2FNO/c21-18-7-2-1-5-15(18)13-25-17-6-3-4-14(10-17)12-24-16-8-9-20(23)19(22)11-16/h1-11,24H,12-13H2. The highest BCUT2D eigenvalue weighted by atomic mass is 35.5. The van der Waals surface area contributed by atoms with Crippen LogP contribution in [0.3, 0.4) is 0 Å². The van der Waals surface area contributed by atoms with Gasteiger partial charge in [0.1, 0.15) is 18.2 Å². The molecule has 25 heavy (non-hydrogen) atoms. The summed E-state index contributed by atoms with van der Waals surface area (Å²) in [6.07, 6.45) is 0. The quantitative estimate of drug-likeness (QED) is 0.543. The van der Waals surface area contributed by atoms with Crippen molar-refractivity contribution in [3.8, 4) is 5.75 Å². The molecule has 0 aliphatic rings. The van der Waals surface area contributed by atoms with Crippen molar-refractivity contribution in [1.82, 2.24) is 0 Å². The van der Waals surface area contributed by atoms with E-state index >= 15 is 0 Å². The van der Waals surface area contributed by atoms with Crippen molar-refractivity contribution in [2.45, 2.75) is 13.2 Å². The third-order valence-corrected chi connectivity index (χ3v) is 4.33. The number of anilines is 1. The second kappa shape index (κ2) is 8.24. The van der Waals surface area contributed by atoms with Crippen LogP contribution in [0.4, 0.5) is 10.1 Å². The Morgan fingerprint density at radius 3 is 2.52 bits per heavy atom. The van der Waals surface area contributed by atoms with Crippen molar-refractivity contribution in [3.63, 3.8) is 0 Å². The highest BCUT2D eigenvalue weighted by Gasteiger charge is 2.03. The summed E-state index contributed by atoms with van der Waals surface area (Å²) in [6, 6.07) is 19.9. The lowest BCUT2D eigenvalue weighted by molar-refractivity contribution is 0.306. The maximum Gasteiger partial charge on any atom is 0.141 e. The summed E-state index contributed by atoms with van der Waals surface area (Å²) in [4.78, 5) is 0. The smallest absolute Gasteiger partial charge is 0.141 e. The summed E-state index contributed by atoms with van der Waals surface area (Å²) in [6.45, 7) is 0.982. The predicted molar refractivity (Wildman–Crippen MR) is 101 cm³/mol. The van der Waals surface area contributed by atoms with Gasteiger partial charge in [0, 0.05) is 22.8 Å². The molecular formula is C20H16Cl2FNO. The molecule has 3 aromatic carbocycles. The van der Waals surface area contributed by atoms with E-state index in [0.29, 0.717) is 18.2 Å². The van der Waals surface area contributed by atoms with Gasteiger partial charge in [-0.05, 0) is 42.0 Å². The molecule has 0 unspecified atom stereocenters. The molecule has 0 aliphatic carbocycles. The number of ether oxygens (including phenoxy) is 1. The molecule has 128 valence electrons. The molecule has 0 saturated carbocycles. The van der Waals surface area contributed by atoms with Crippen LogP contribution in [0.2, 0.25) is 10.0 Å². The molecule has 3 rings (SSSR count). The number of rotatable bonds is 6. The monoisotopic (exact) mass is 375 g/mol. The zero-order chi connectivity index (χ0) is 17.6. The molecule has 2 nitrogen and oxygen atoms in total. The van der Waals surface area contributed by atoms with E-state index in [1.165, 1.54) is 6.07 Å². The van der Waals surface area contributed by atoms with Gasteiger partial charge >= 0.3 is 0 Å². The molecule has 0 spiro atoms. The van der Waals surface area contributed by atoms with E-state index in [4.69, 9.17) is 27.9 Å². The molecule has 0 bridgehead atoms. The zero-order valence-corrected chi connectivity index (χ0v) is 14.8. The van der Waals surface area contributed by atoms with E-state index in [0.717, 1.165) is 22.6 Å². The minimum atomic E-state index is -0.429. The Labute approximate surface area is 156 Å². The number of hydrogen-bond donors (Lipinski definition) is 1. The van der Waals surface area contributed by atoms with Crippen LogP contribution in [0.5, 0.6) is 5.75 Å². The van der Waals surface area contributed by atoms with Crippen LogP contribution in [0.15, 0.2) is 66.7 Å². The molecule has 0 saturated heterocycles. The average Bonchev–Trinajstić information content (AvgIpc) is 2.62. The Bertz CT molecular complexity index is 870. The summed E-state index contributed by atoms with van der Waals surface area (Å²) in [5, 5.41) is 4.00. The van der Waals surface area contributed by atoms with Crippen molar-refractivity contribution in [3.05, 3.63) is 93.7 Å². The van der Waals surface area contributed by atoms with Crippen LogP contribution in [0.25, 0.3) is 0 Å². The summed E-state index contributed by atoms with van der Waals surface area (Å²) < 4.78 is 19.0. The van der Waals surface area contributed by atoms with Crippen molar-refractivity contribution in [2.24, 2.45) is 0 Å². The van der Waals surface area contributed by atoms with E-state index in [2.05, 4.69) is 5.32 Å². The lowest BCUT2D eigenvalue weighted by atomic mass is 10.2. The molecule has 0 fully saturated rings. The second-order valence-electron chi connectivity index (χ2n) is 5.51. The highest BCUT2D eigenvalue weighted by Crippen LogP contribution is 2.22. The summed E-state index contributed by atoms with van der Waals surface area (Å²) in [5.74, 6) is 0.332. The Morgan fingerprint density at radius 1 is 0.880 bits per heavy atom. The van der Waals surface area contributed by atoms with Gasteiger partial charge in [-0.1, -0.05) is 53.5 Å². The van der Waals surface area contributed by atoms with Crippen molar-refractivity contribution in [2.75, 3.05) is 5.32 Å². The largest absolute Gasteiger partial charge is 0.489 e. The maximum atomic E-state index is 13.2. The fourth-order valence-corrected chi connectivity index (χ4v) is 2.70. The zero-order valence-electron chi connectivity index (χ0n) is 13.3. The number of nitrogens with one attached hydrogen (secondary N) is 1. The van der Waals surface area contributed by atoms with E-state index in [1.54, 1.807) is 12.1 Å². The first-order valence-corrected chi connectivity index (χ1v) is 8.51. The molecule has 0 amide bonds. The van der Waals surface area contributed by atoms with E-state index in [-0.39, 0.29) is 5.02 Å². The van der Waals surface area contributed by atoms with Gasteiger partial charge in [-0.25, -0.2) is 4.39 Å². The SMILES string of the molecule is Fc1ccc(NCc2cccc(OCc3ccccc3Cl)c2)cc1Cl. The van der Waals surface area contributed by atoms with Crippen LogP contribution in [0.1, 0.15) is 11.1 Å². The molecule has 3 aromatic rings. The van der Waals surface area contributed by atoms with Crippen LogP contribution < -0.4 is 10.1 Å².